The quantitative estimate of drug-likeness (QED) is 0.729. The Labute approximate surface area is 123 Å². The Bertz CT molecular complexity index is 772. The van der Waals surface area contributed by atoms with E-state index in [0.717, 1.165) is 10.9 Å². The predicted molar refractivity (Wildman–Crippen MR) is 79.3 cm³/mol. The summed E-state index contributed by atoms with van der Waals surface area (Å²) in [5, 5.41) is 0.784. The molecule has 0 spiro atoms. The average Bonchev–Trinajstić information content (AvgIpc) is 3.05. The van der Waals surface area contributed by atoms with Crippen LogP contribution in [0.5, 0.6) is 5.75 Å². The summed E-state index contributed by atoms with van der Waals surface area (Å²) in [5.74, 6) is 0.818. The minimum atomic E-state index is -0.172. The van der Waals surface area contributed by atoms with Gasteiger partial charge in [0, 0.05) is 11.7 Å². The molecular weight excluding hydrogens is 322 g/mol. The predicted octanol–water partition coefficient (Wildman–Crippen LogP) is 4.15. The number of halogens is 1. The highest BCUT2D eigenvalue weighted by molar-refractivity contribution is 9.10. The maximum atomic E-state index is 12.5. The molecule has 4 nitrogen and oxygen atoms in total. The number of fused-ring (bicyclic) bond motifs is 1. The molecule has 3 rings (SSSR count). The number of rotatable bonds is 4. The molecule has 0 bridgehead atoms. The molecule has 0 fully saturated rings. The van der Waals surface area contributed by atoms with Gasteiger partial charge in [-0.05, 0) is 47.1 Å². The van der Waals surface area contributed by atoms with Crippen molar-refractivity contribution >= 4 is 32.6 Å². The van der Waals surface area contributed by atoms with Crippen molar-refractivity contribution in [3.63, 3.8) is 0 Å². The van der Waals surface area contributed by atoms with Crippen molar-refractivity contribution in [2.75, 3.05) is 6.61 Å². The molecule has 0 atom stereocenters. The van der Waals surface area contributed by atoms with Gasteiger partial charge in [0.15, 0.2) is 10.4 Å². The molecule has 2 aromatic heterocycles. The van der Waals surface area contributed by atoms with Crippen LogP contribution in [0.1, 0.15) is 23.0 Å². The summed E-state index contributed by atoms with van der Waals surface area (Å²) in [4.78, 5) is 15.6. The van der Waals surface area contributed by atoms with Gasteiger partial charge in [0.25, 0.3) is 0 Å². The highest BCUT2D eigenvalue weighted by Crippen LogP contribution is 2.30. The molecule has 20 heavy (non-hydrogen) atoms. The second kappa shape index (κ2) is 5.17. The van der Waals surface area contributed by atoms with E-state index in [1.807, 2.05) is 25.1 Å². The summed E-state index contributed by atoms with van der Waals surface area (Å²) in [6, 6.07) is 9.00. The Morgan fingerprint density at radius 2 is 2.20 bits per heavy atom. The van der Waals surface area contributed by atoms with Crippen LogP contribution in [0.25, 0.3) is 10.9 Å². The summed E-state index contributed by atoms with van der Waals surface area (Å²) in [6.07, 6.45) is 1.69. The van der Waals surface area contributed by atoms with Crippen LogP contribution in [-0.4, -0.2) is 17.4 Å². The van der Waals surface area contributed by atoms with Crippen molar-refractivity contribution in [3.8, 4) is 5.75 Å². The molecular formula is C15H12BrNO3. The lowest BCUT2D eigenvalue weighted by molar-refractivity contribution is 0.101. The van der Waals surface area contributed by atoms with Crippen LogP contribution in [0.2, 0.25) is 0 Å². The third-order valence-electron chi connectivity index (χ3n) is 3.01. The summed E-state index contributed by atoms with van der Waals surface area (Å²) in [6.45, 7) is 2.46. The van der Waals surface area contributed by atoms with Crippen LogP contribution in [0.15, 0.2) is 45.6 Å². The van der Waals surface area contributed by atoms with E-state index in [9.17, 15) is 4.79 Å². The number of aromatic nitrogens is 1. The van der Waals surface area contributed by atoms with Gasteiger partial charge < -0.3 is 14.1 Å². The number of hydrogen-bond acceptors (Lipinski definition) is 3. The number of carbonyl (C=O) groups excluding carboxylic acids is 1. The fourth-order valence-corrected chi connectivity index (χ4v) is 2.48. The van der Waals surface area contributed by atoms with Crippen LogP contribution in [-0.2, 0) is 0 Å². The van der Waals surface area contributed by atoms with Gasteiger partial charge in [-0.2, -0.15) is 0 Å². The van der Waals surface area contributed by atoms with E-state index in [-0.39, 0.29) is 5.78 Å². The van der Waals surface area contributed by atoms with Gasteiger partial charge in [0.2, 0.25) is 5.78 Å². The zero-order valence-corrected chi connectivity index (χ0v) is 12.4. The number of nitrogens with one attached hydrogen (secondary N) is 1. The number of hydrogen-bond donors (Lipinski definition) is 1. The van der Waals surface area contributed by atoms with E-state index >= 15 is 0 Å². The first kappa shape index (κ1) is 13.0. The smallest absolute Gasteiger partial charge is 0.230 e. The van der Waals surface area contributed by atoms with Crippen LogP contribution in [0, 0.1) is 0 Å². The molecule has 0 unspecified atom stereocenters. The van der Waals surface area contributed by atoms with E-state index in [1.54, 1.807) is 18.3 Å². The summed E-state index contributed by atoms with van der Waals surface area (Å²) < 4.78 is 11.5. The lowest BCUT2D eigenvalue weighted by Crippen LogP contribution is -2.00. The van der Waals surface area contributed by atoms with Crippen LogP contribution in [0.3, 0.4) is 0 Å². The summed E-state index contributed by atoms with van der Waals surface area (Å²) in [7, 11) is 0. The van der Waals surface area contributed by atoms with Gasteiger partial charge in [-0.1, -0.05) is 6.07 Å². The van der Waals surface area contributed by atoms with Gasteiger partial charge in [-0.15, -0.1) is 0 Å². The minimum Gasteiger partial charge on any atom is -0.493 e. The molecule has 0 saturated heterocycles. The van der Waals surface area contributed by atoms with Crippen LogP contribution in [0.4, 0.5) is 0 Å². The Morgan fingerprint density at radius 1 is 1.35 bits per heavy atom. The maximum Gasteiger partial charge on any atom is 0.230 e. The summed E-state index contributed by atoms with van der Waals surface area (Å²) in [5.41, 5.74) is 1.41. The van der Waals surface area contributed by atoms with Crippen molar-refractivity contribution in [1.29, 1.82) is 0 Å². The zero-order chi connectivity index (χ0) is 14.1. The van der Waals surface area contributed by atoms with Crippen molar-refractivity contribution in [2.45, 2.75) is 6.92 Å². The first-order valence-corrected chi connectivity index (χ1v) is 7.03. The number of benzene rings is 1. The van der Waals surface area contributed by atoms with Crippen molar-refractivity contribution in [2.24, 2.45) is 0 Å². The van der Waals surface area contributed by atoms with E-state index in [2.05, 4.69) is 20.9 Å². The van der Waals surface area contributed by atoms with Gasteiger partial charge in [-0.3, -0.25) is 4.79 Å². The van der Waals surface area contributed by atoms with E-state index in [4.69, 9.17) is 9.15 Å². The number of H-pyrrole nitrogens is 1. The third kappa shape index (κ3) is 2.14. The standard InChI is InChI=1S/C15H12BrNO3/c1-2-19-11-5-3-4-10-14(11)9(8-17-10)15(18)12-6-7-13(16)20-12/h3-8,17H,2H2,1H3. The second-order valence-corrected chi connectivity index (χ2v) is 5.03. The molecule has 102 valence electrons. The molecule has 1 aromatic carbocycles. The van der Waals surface area contributed by atoms with E-state index < -0.39 is 0 Å². The second-order valence-electron chi connectivity index (χ2n) is 4.25. The first-order valence-electron chi connectivity index (χ1n) is 6.23. The molecule has 0 saturated carbocycles. The van der Waals surface area contributed by atoms with Crippen molar-refractivity contribution in [1.82, 2.24) is 4.98 Å². The van der Waals surface area contributed by atoms with Gasteiger partial charge in [0.1, 0.15) is 5.75 Å². The van der Waals surface area contributed by atoms with E-state index in [0.29, 0.717) is 28.3 Å². The minimum absolute atomic E-state index is 0.172. The topological polar surface area (TPSA) is 55.2 Å². The SMILES string of the molecule is CCOc1cccc2[nH]cc(C(=O)c3ccc(Br)o3)c12. The molecule has 0 aliphatic rings. The fraction of sp³-hybridized carbons (Fsp3) is 0.133. The number of furan rings is 1. The molecule has 3 aromatic rings. The van der Waals surface area contributed by atoms with E-state index in [1.165, 1.54) is 0 Å². The number of ketones is 1. The first-order chi connectivity index (χ1) is 9.70. The Morgan fingerprint density at radius 3 is 2.90 bits per heavy atom. The van der Waals surface area contributed by atoms with Gasteiger partial charge in [0.05, 0.1) is 17.6 Å². The molecule has 0 aliphatic heterocycles. The molecule has 0 amide bonds. The van der Waals surface area contributed by atoms with Crippen molar-refractivity contribution < 1.29 is 13.9 Å². The molecule has 0 aliphatic carbocycles. The fourth-order valence-electron chi connectivity index (χ4n) is 2.18. The highest BCUT2D eigenvalue weighted by atomic mass is 79.9. The molecule has 0 radical (unpaired) electrons. The van der Waals surface area contributed by atoms with Crippen LogP contribution < -0.4 is 4.74 Å². The number of ether oxygens (including phenoxy) is 1. The molecule has 2 heterocycles. The Balaban J connectivity index is 2.14. The van der Waals surface area contributed by atoms with Gasteiger partial charge >= 0.3 is 0 Å². The Kier molecular flexibility index (Phi) is 3.36. The normalized spacial score (nSPS) is 10.9. The lowest BCUT2D eigenvalue weighted by Gasteiger charge is -2.05. The number of carbonyl (C=O) groups is 1. The van der Waals surface area contributed by atoms with Gasteiger partial charge in [-0.25, -0.2) is 0 Å². The van der Waals surface area contributed by atoms with Crippen molar-refractivity contribution in [3.05, 3.63) is 52.5 Å². The van der Waals surface area contributed by atoms with Crippen LogP contribution >= 0.6 is 15.9 Å². The average molecular weight is 334 g/mol. The lowest BCUT2D eigenvalue weighted by atomic mass is 10.1. The summed E-state index contributed by atoms with van der Waals surface area (Å²) >= 11 is 3.20. The molecule has 1 N–H and O–H groups in total. The monoisotopic (exact) mass is 333 g/mol. The number of aromatic amines is 1. The third-order valence-corrected chi connectivity index (χ3v) is 3.44. The largest absolute Gasteiger partial charge is 0.493 e. The Hall–Kier alpha value is -2.01. The maximum absolute atomic E-state index is 12.5. The highest BCUT2D eigenvalue weighted by Gasteiger charge is 2.19. The molecule has 5 heteroatoms. The zero-order valence-electron chi connectivity index (χ0n) is 10.8.